The van der Waals surface area contributed by atoms with Crippen LogP contribution in [0.25, 0.3) is 0 Å². The first-order chi connectivity index (χ1) is 8.43. The van der Waals surface area contributed by atoms with Crippen molar-refractivity contribution in [2.24, 2.45) is 5.14 Å². The molecular weight excluding hydrogens is 295 g/mol. The molecule has 0 radical (unpaired) electrons. The van der Waals surface area contributed by atoms with E-state index in [2.05, 4.69) is 14.9 Å². The Morgan fingerprint density at radius 3 is 2.37 bits per heavy atom. The Bertz CT molecular complexity index is 628. The molecule has 0 atom stereocenters. The molecule has 19 heavy (non-hydrogen) atoms. The van der Waals surface area contributed by atoms with Crippen molar-refractivity contribution < 1.29 is 31.2 Å². The molecule has 0 saturated carbocycles. The molecule has 8 nitrogen and oxygen atoms in total. The number of aromatic nitrogens is 1. The third-order valence-electron chi connectivity index (χ3n) is 1.90. The van der Waals surface area contributed by atoms with Crippen molar-refractivity contribution in [2.75, 3.05) is 0 Å². The molecule has 1 aromatic rings. The van der Waals surface area contributed by atoms with Crippen molar-refractivity contribution >= 4 is 15.7 Å². The summed E-state index contributed by atoms with van der Waals surface area (Å²) >= 11 is 0. The monoisotopic (exact) mass is 301 g/mol. The third kappa shape index (κ3) is 3.51. The zero-order valence-electron chi connectivity index (χ0n) is 9.13. The van der Waals surface area contributed by atoms with Gasteiger partial charge in [0.2, 0.25) is 5.03 Å². The van der Waals surface area contributed by atoms with Crippen LogP contribution >= 0.6 is 0 Å². The van der Waals surface area contributed by atoms with Crippen LogP contribution in [0.5, 0.6) is 5.75 Å². The molecule has 106 valence electrons. The number of primary sulfonamides is 1. The van der Waals surface area contributed by atoms with E-state index in [1.807, 2.05) is 0 Å². The van der Waals surface area contributed by atoms with Gasteiger partial charge in [0.25, 0.3) is 10.0 Å². The summed E-state index contributed by atoms with van der Waals surface area (Å²) in [5, 5.41) is 14.3. The Morgan fingerprint density at radius 2 is 2.00 bits per heavy atom. The Kier molecular flexibility index (Phi) is 3.67. The lowest BCUT2D eigenvalue weighted by molar-refractivity contribution is -0.389. The number of rotatable bonds is 3. The van der Waals surface area contributed by atoms with Gasteiger partial charge in [0.15, 0.2) is 5.75 Å². The quantitative estimate of drug-likeness (QED) is 0.651. The Labute approximate surface area is 104 Å². The zero-order chi connectivity index (χ0) is 15.0. The SMILES string of the molecule is Cc1c(OC(F)(F)F)cnc(S(N)(=O)=O)c1[N+](=O)[O-]. The molecule has 0 unspecified atom stereocenters. The number of nitro groups is 1. The number of sulfonamides is 1. The maximum Gasteiger partial charge on any atom is 0.573 e. The number of halogens is 3. The van der Waals surface area contributed by atoms with Gasteiger partial charge in [0, 0.05) is 0 Å². The fourth-order valence-corrected chi connectivity index (χ4v) is 1.90. The van der Waals surface area contributed by atoms with Crippen LogP contribution < -0.4 is 9.88 Å². The van der Waals surface area contributed by atoms with Crippen LogP contribution in [-0.4, -0.2) is 24.7 Å². The van der Waals surface area contributed by atoms with Crippen molar-refractivity contribution in [2.45, 2.75) is 18.3 Å². The van der Waals surface area contributed by atoms with Gasteiger partial charge in [0.1, 0.15) is 0 Å². The third-order valence-corrected chi connectivity index (χ3v) is 2.74. The highest BCUT2D eigenvalue weighted by Gasteiger charge is 2.36. The van der Waals surface area contributed by atoms with Crippen LogP contribution in [0.3, 0.4) is 0 Å². The molecule has 0 fully saturated rings. The number of pyridine rings is 1. The molecule has 12 heteroatoms. The molecule has 0 spiro atoms. The van der Waals surface area contributed by atoms with E-state index in [9.17, 15) is 31.7 Å². The first kappa shape index (κ1) is 15.1. The van der Waals surface area contributed by atoms with Gasteiger partial charge in [-0.1, -0.05) is 0 Å². The fraction of sp³-hybridized carbons (Fsp3) is 0.286. The topological polar surface area (TPSA) is 125 Å². The number of hydrogen-bond donors (Lipinski definition) is 1. The van der Waals surface area contributed by atoms with E-state index in [-0.39, 0.29) is 0 Å². The second-order valence-corrected chi connectivity index (χ2v) is 4.73. The standard InChI is InChI=1S/C7H6F3N3O5S/c1-3-4(18-7(8,9)10)2-12-6(19(11,16)17)5(3)13(14)15/h2H,1H3,(H2,11,16,17). The molecule has 0 aliphatic heterocycles. The van der Waals surface area contributed by atoms with E-state index in [0.29, 0.717) is 6.20 Å². The zero-order valence-corrected chi connectivity index (χ0v) is 9.95. The first-order valence-corrected chi connectivity index (χ1v) is 5.90. The normalized spacial score (nSPS) is 12.3. The number of nitrogens with zero attached hydrogens (tertiary/aromatic N) is 2. The Morgan fingerprint density at radius 1 is 1.47 bits per heavy atom. The molecule has 1 aromatic heterocycles. The van der Waals surface area contributed by atoms with E-state index in [1.54, 1.807) is 0 Å². The summed E-state index contributed by atoms with van der Waals surface area (Å²) in [6.45, 7) is 0.884. The maximum atomic E-state index is 12.0. The Hall–Kier alpha value is -1.95. The van der Waals surface area contributed by atoms with Gasteiger partial charge < -0.3 is 4.74 Å². The van der Waals surface area contributed by atoms with Crippen LogP contribution in [-0.2, 0) is 10.0 Å². The van der Waals surface area contributed by atoms with Crippen LogP contribution in [0.4, 0.5) is 18.9 Å². The van der Waals surface area contributed by atoms with Gasteiger partial charge in [-0.05, 0) is 6.92 Å². The van der Waals surface area contributed by atoms with Crippen LogP contribution in [0.15, 0.2) is 11.2 Å². The molecule has 1 rings (SSSR count). The van der Waals surface area contributed by atoms with Crippen LogP contribution in [0.2, 0.25) is 0 Å². The molecule has 0 saturated heterocycles. The predicted molar refractivity (Wildman–Crippen MR) is 53.7 cm³/mol. The second-order valence-electron chi connectivity index (χ2n) is 3.25. The summed E-state index contributed by atoms with van der Waals surface area (Å²) < 4.78 is 61.7. The average Bonchev–Trinajstić information content (AvgIpc) is 2.16. The number of ether oxygens (including phenoxy) is 1. The molecule has 0 bridgehead atoms. The first-order valence-electron chi connectivity index (χ1n) is 4.36. The summed E-state index contributed by atoms with van der Waals surface area (Å²) in [5.41, 5.74) is -1.81. The molecule has 0 aliphatic rings. The maximum absolute atomic E-state index is 12.0. The minimum absolute atomic E-state index is 0.398. The van der Waals surface area contributed by atoms with Gasteiger partial charge in [-0.2, -0.15) is 0 Å². The van der Waals surface area contributed by atoms with Gasteiger partial charge in [-0.25, -0.2) is 18.5 Å². The lowest BCUT2D eigenvalue weighted by Crippen LogP contribution is -2.20. The highest BCUT2D eigenvalue weighted by Crippen LogP contribution is 2.34. The Balaban J connectivity index is 3.54. The van der Waals surface area contributed by atoms with Gasteiger partial charge in [-0.15, -0.1) is 13.2 Å². The lowest BCUT2D eigenvalue weighted by Gasteiger charge is -2.11. The van der Waals surface area contributed by atoms with Gasteiger partial charge >= 0.3 is 12.0 Å². The van der Waals surface area contributed by atoms with E-state index in [0.717, 1.165) is 6.92 Å². The van der Waals surface area contributed by atoms with Crippen molar-refractivity contribution in [3.05, 3.63) is 21.9 Å². The van der Waals surface area contributed by atoms with E-state index >= 15 is 0 Å². The summed E-state index contributed by atoms with van der Waals surface area (Å²) in [7, 11) is -4.55. The smallest absolute Gasteiger partial charge is 0.404 e. The van der Waals surface area contributed by atoms with E-state index < -0.39 is 43.3 Å². The van der Waals surface area contributed by atoms with Crippen LogP contribution in [0, 0.1) is 17.0 Å². The minimum Gasteiger partial charge on any atom is -0.404 e. The molecule has 0 aliphatic carbocycles. The fourth-order valence-electron chi connectivity index (χ4n) is 1.20. The van der Waals surface area contributed by atoms with E-state index in [4.69, 9.17) is 0 Å². The van der Waals surface area contributed by atoms with Crippen molar-refractivity contribution in [1.29, 1.82) is 0 Å². The number of hydrogen-bond acceptors (Lipinski definition) is 6. The molecule has 1 heterocycles. The molecule has 0 aromatic carbocycles. The summed E-state index contributed by atoms with van der Waals surface area (Å²) in [6, 6.07) is 0. The highest BCUT2D eigenvalue weighted by atomic mass is 32.2. The average molecular weight is 301 g/mol. The van der Waals surface area contributed by atoms with Crippen molar-refractivity contribution in [3.8, 4) is 5.75 Å². The number of nitrogens with two attached hydrogens (primary N) is 1. The minimum atomic E-state index is -5.09. The van der Waals surface area contributed by atoms with Crippen LogP contribution in [0.1, 0.15) is 5.56 Å². The highest BCUT2D eigenvalue weighted by molar-refractivity contribution is 7.89. The number of alkyl halides is 3. The lowest BCUT2D eigenvalue weighted by atomic mass is 10.2. The molecular formula is C7H6F3N3O5S. The molecule has 0 amide bonds. The van der Waals surface area contributed by atoms with E-state index in [1.165, 1.54) is 0 Å². The van der Waals surface area contributed by atoms with Gasteiger partial charge in [0.05, 0.1) is 16.7 Å². The summed E-state index contributed by atoms with van der Waals surface area (Å²) in [6.07, 6.45) is -4.70. The van der Waals surface area contributed by atoms with Gasteiger partial charge in [-0.3, -0.25) is 10.1 Å². The van der Waals surface area contributed by atoms with Crippen molar-refractivity contribution in [3.63, 3.8) is 0 Å². The summed E-state index contributed by atoms with van der Waals surface area (Å²) in [4.78, 5) is 12.5. The summed E-state index contributed by atoms with van der Waals surface area (Å²) in [5.74, 6) is -0.980. The second kappa shape index (κ2) is 4.62. The van der Waals surface area contributed by atoms with Crippen molar-refractivity contribution in [1.82, 2.24) is 4.98 Å². The predicted octanol–water partition coefficient (Wildman–Crippen LogP) is 0.844. The largest absolute Gasteiger partial charge is 0.573 e. The molecule has 2 N–H and O–H groups in total.